The second-order valence-electron chi connectivity index (χ2n) is 5.98. The van der Waals surface area contributed by atoms with E-state index in [9.17, 15) is 0 Å². The van der Waals surface area contributed by atoms with Gasteiger partial charge in [-0.15, -0.1) is 0 Å². The number of nitrogens with one attached hydrogen (secondary N) is 1. The number of benzene rings is 1. The standard InChI is InChI=1S/C17H24ClN3/c1-12(2)9-19-10-15-5-7-16(8-6-15)11-21-14(4)17(18)13(3)20-21/h5-8,12,19H,9-11H2,1-4H3. The third-order valence-corrected chi connectivity index (χ3v) is 4.08. The Labute approximate surface area is 132 Å². The fraction of sp³-hybridized carbons (Fsp3) is 0.471. The predicted molar refractivity (Wildman–Crippen MR) is 88.8 cm³/mol. The summed E-state index contributed by atoms with van der Waals surface area (Å²) < 4.78 is 1.96. The minimum absolute atomic E-state index is 0.681. The van der Waals surface area contributed by atoms with E-state index in [2.05, 4.69) is 48.5 Å². The molecule has 1 aromatic carbocycles. The molecule has 0 aliphatic carbocycles. The molecule has 114 valence electrons. The Morgan fingerprint density at radius 3 is 2.29 bits per heavy atom. The van der Waals surface area contributed by atoms with Crippen LogP contribution in [0.1, 0.15) is 36.4 Å². The maximum atomic E-state index is 6.18. The zero-order valence-electron chi connectivity index (χ0n) is 13.3. The van der Waals surface area contributed by atoms with Crippen molar-refractivity contribution in [1.29, 1.82) is 0 Å². The number of nitrogens with zero attached hydrogens (tertiary/aromatic N) is 2. The highest BCUT2D eigenvalue weighted by molar-refractivity contribution is 6.31. The first kappa shape index (κ1) is 16.1. The smallest absolute Gasteiger partial charge is 0.0844 e. The lowest BCUT2D eigenvalue weighted by Gasteiger charge is -2.09. The summed E-state index contributed by atoms with van der Waals surface area (Å²) in [6, 6.07) is 8.68. The summed E-state index contributed by atoms with van der Waals surface area (Å²) >= 11 is 6.18. The maximum Gasteiger partial charge on any atom is 0.0844 e. The van der Waals surface area contributed by atoms with Gasteiger partial charge in [0.2, 0.25) is 0 Å². The molecule has 2 rings (SSSR count). The van der Waals surface area contributed by atoms with Crippen molar-refractivity contribution in [3.63, 3.8) is 0 Å². The lowest BCUT2D eigenvalue weighted by atomic mass is 10.1. The Morgan fingerprint density at radius 1 is 1.14 bits per heavy atom. The summed E-state index contributed by atoms with van der Waals surface area (Å²) in [5.74, 6) is 0.681. The minimum Gasteiger partial charge on any atom is -0.312 e. The Balaban J connectivity index is 1.97. The van der Waals surface area contributed by atoms with Crippen LogP contribution in [0.15, 0.2) is 24.3 Å². The SMILES string of the molecule is Cc1nn(Cc2ccc(CNCC(C)C)cc2)c(C)c1Cl. The summed E-state index contributed by atoms with van der Waals surface area (Å²) in [7, 11) is 0. The number of hydrogen-bond donors (Lipinski definition) is 1. The van der Waals surface area contributed by atoms with Gasteiger partial charge in [-0.3, -0.25) is 4.68 Å². The molecule has 21 heavy (non-hydrogen) atoms. The van der Waals surface area contributed by atoms with E-state index in [0.29, 0.717) is 5.92 Å². The van der Waals surface area contributed by atoms with Crippen molar-refractivity contribution < 1.29 is 0 Å². The molecule has 0 unspecified atom stereocenters. The second-order valence-corrected chi connectivity index (χ2v) is 6.36. The van der Waals surface area contributed by atoms with Gasteiger partial charge in [0, 0.05) is 6.54 Å². The summed E-state index contributed by atoms with van der Waals surface area (Å²) in [6.45, 7) is 11.1. The molecule has 0 radical (unpaired) electrons. The van der Waals surface area contributed by atoms with Gasteiger partial charge in [0.15, 0.2) is 0 Å². The molecule has 4 heteroatoms. The summed E-state index contributed by atoms with van der Waals surface area (Å²) in [5, 5.41) is 8.69. The van der Waals surface area contributed by atoms with Crippen LogP contribution in [0.3, 0.4) is 0 Å². The van der Waals surface area contributed by atoms with Crippen LogP contribution >= 0.6 is 11.6 Å². The molecule has 0 saturated heterocycles. The van der Waals surface area contributed by atoms with Crippen molar-refractivity contribution in [2.75, 3.05) is 6.54 Å². The molecule has 0 aliphatic heterocycles. The predicted octanol–water partition coefficient (Wildman–Crippen LogP) is 3.95. The van der Waals surface area contributed by atoms with Gasteiger partial charge < -0.3 is 5.32 Å². The van der Waals surface area contributed by atoms with Gasteiger partial charge in [-0.05, 0) is 37.4 Å². The van der Waals surface area contributed by atoms with Crippen molar-refractivity contribution >= 4 is 11.6 Å². The molecule has 3 nitrogen and oxygen atoms in total. The molecule has 1 aromatic heterocycles. The normalized spacial score (nSPS) is 11.3. The summed E-state index contributed by atoms with van der Waals surface area (Å²) in [5.41, 5.74) is 4.47. The third kappa shape index (κ3) is 4.32. The fourth-order valence-corrected chi connectivity index (χ4v) is 2.41. The summed E-state index contributed by atoms with van der Waals surface area (Å²) in [4.78, 5) is 0. The van der Waals surface area contributed by atoms with E-state index in [-0.39, 0.29) is 0 Å². The molecule has 0 atom stereocenters. The van der Waals surface area contributed by atoms with E-state index in [4.69, 9.17) is 11.6 Å². The van der Waals surface area contributed by atoms with Crippen LogP contribution in [0.2, 0.25) is 5.02 Å². The zero-order valence-corrected chi connectivity index (χ0v) is 14.0. The second kappa shape index (κ2) is 7.10. The molecule has 2 aromatic rings. The van der Waals surface area contributed by atoms with Crippen LogP contribution in [-0.2, 0) is 13.1 Å². The Kier molecular flexibility index (Phi) is 5.43. The molecule has 1 heterocycles. The van der Waals surface area contributed by atoms with Crippen LogP contribution in [0.25, 0.3) is 0 Å². The van der Waals surface area contributed by atoms with Crippen molar-refractivity contribution in [3.05, 3.63) is 51.8 Å². The number of halogens is 1. The number of aromatic nitrogens is 2. The van der Waals surface area contributed by atoms with Crippen molar-refractivity contribution in [2.24, 2.45) is 5.92 Å². The van der Waals surface area contributed by atoms with Crippen molar-refractivity contribution in [2.45, 2.75) is 40.8 Å². The Hall–Kier alpha value is -1.32. The Morgan fingerprint density at radius 2 is 1.76 bits per heavy atom. The maximum absolute atomic E-state index is 6.18. The van der Waals surface area contributed by atoms with E-state index >= 15 is 0 Å². The highest BCUT2D eigenvalue weighted by Gasteiger charge is 2.09. The van der Waals surface area contributed by atoms with Crippen LogP contribution in [0, 0.1) is 19.8 Å². The molecule has 0 amide bonds. The zero-order chi connectivity index (χ0) is 15.4. The van der Waals surface area contributed by atoms with Gasteiger partial charge in [-0.25, -0.2) is 0 Å². The Bertz CT molecular complexity index is 585. The number of rotatable bonds is 6. The molecule has 0 bridgehead atoms. The van der Waals surface area contributed by atoms with Crippen LogP contribution < -0.4 is 5.32 Å². The van der Waals surface area contributed by atoms with Crippen molar-refractivity contribution in [1.82, 2.24) is 15.1 Å². The highest BCUT2D eigenvalue weighted by Crippen LogP contribution is 2.19. The monoisotopic (exact) mass is 305 g/mol. The molecule has 0 fully saturated rings. The molecular formula is C17H24ClN3. The molecule has 1 N–H and O–H groups in total. The topological polar surface area (TPSA) is 29.9 Å². The molecular weight excluding hydrogens is 282 g/mol. The lowest BCUT2D eigenvalue weighted by Crippen LogP contribution is -2.18. The minimum atomic E-state index is 0.681. The van der Waals surface area contributed by atoms with E-state index in [1.165, 1.54) is 11.1 Å². The van der Waals surface area contributed by atoms with E-state index in [0.717, 1.165) is 36.0 Å². The van der Waals surface area contributed by atoms with E-state index < -0.39 is 0 Å². The summed E-state index contributed by atoms with van der Waals surface area (Å²) in [6.07, 6.45) is 0. The van der Waals surface area contributed by atoms with E-state index in [1.807, 2.05) is 18.5 Å². The largest absolute Gasteiger partial charge is 0.312 e. The molecule has 0 spiro atoms. The average Bonchev–Trinajstić information content (AvgIpc) is 2.68. The lowest BCUT2D eigenvalue weighted by molar-refractivity contribution is 0.552. The van der Waals surface area contributed by atoms with Gasteiger partial charge in [0.25, 0.3) is 0 Å². The van der Waals surface area contributed by atoms with Gasteiger partial charge in [-0.1, -0.05) is 49.7 Å². The van der Waals surface area contributed by atoms with Gasteiger partial charge in [0.05, 0.1) is 23.0 Å². The van der Waals surface area contributed by atoms with E-state index in [1.54, 1.807) is 0 Å². The quantitative estimate of drug-likeness (QED) is 0.876. The van der Waals surface area contributed by atoms with Gasteiger partial charge in [-0.2, -0.15) is 5.10 Å². The highest BCUT2D eigenvalue weighted by atomic mass is 35.5. The molecule has 0 aliphatic rings. The average molecular weight is 306 g/mol. The first-order chi connectivity index (χ1) is 9.97. The van der Waals surface area contributed by atoms with Crippen LogP contribution in [0.5, 0.6) is 0 Å². The first-order valence-electron chi connectivity index (χ1n) is 7.45. The van der Waals surface area contributed by atoms with Crippen molar-refractivity contribution in [3.8, 4) is 0 Å². The third-order valence-electron chi connectivity index (χ3n) is 3.53. The van der Waals surface area contributed by atoms with Gasteiger partial charge >= 0.3 is 0 Å². The van der Waals surface area contributed by atoms with Crippen LogP contribution in [0.4, 0.5) is 0 Å². The first-order valence-corrected chi connectivity index (χ1v) is 7.83. The number of hydrogen-bond acceptors (Lipinski definition) is 2. The molecule has 0 saturated carbocycles. The van der Waals surface area contributed by atoms with Crippen LogP contribution in [-0.4, -0.2) is 16.3 Å². The van der Waals surface area contributed by atoms with Gasteiger partial charge in [0.1, 0.15) is 0 Å². The number of aryl methyl sites for hydroxylation is 1. The fourth-order valence-electron chi connectivity index (χ4n) is 2.27.